The molecule has 5 N–H and O–H groups in total. The number of nitrogens with two attached hydrogens (primary N) is 2. The standard InChI is InChI=1S/C42H81N2O12P.2ClH/c1-5-7-9-11-13-15-17-19-21-23-25-27-39(45)51-31-37(55-40(46)28-26-24-22-20-18-16-14-12-10-8-6-2)33-53-57(49,50)54-34-38(56-42(48)30-36(4)44)32-52-41(47)29-35(3)43;;/h35-38H,5-34,43-44H2,1-4H3,(H,49,50);2*1H/t35-,36-,37?,38?;;/m1../s1. The molecule has 59 heavy (non-hydrogen) atoms. The Morgan fingerprint density at radius 2 is 0.780 bits per heavy atom. The predicted molar refractivity (Wildman–Crippen MR) is 237 cm³/mol. The van der Waals surface area contributed by atoms with E-state index >= 15 is 0 Å². The van der Waals surface area contributed by atoms with Gasteiger partial charge in [-0.3, -0.25) is 28.2 Å². The number of hydrogen-bond donors (Lipinski definition) is 3. The van der Waals surface area contributed by atoms with Gasteiger partial charge in [0.1, 0.15) is 13.2 Å². The van der Waals surface area contributed by atoms with Crippen molar-refractivity contribution in [1.29, 1.82) is 0 Å². The lowest BCUT2D eigenvalue weighted by Crippen LogP contribution is -2.33. The maximum absolute atomic E-state index is 12.9. The topological polar surface area (TPSA) is 213 Å². The van der Waals surface area contributed by atoms with E-state index < -0.39 is 75.8 Å². The number of phosphoric acid groups is 1. The van der Waals surface area contributed by atoms with Crippen LogP contribution in [0.5, 0.6) is 0 Å². The highest BCUT2D eigenvalue weighted by molar-refractivity contribution is 7.47. The van der Waals surface area contributed by atoms with Gasteiger partial charge in [-0.05, 0) is 26.7 Å². The zero-order valence-corrected chi connectivity index (χ0v) is 39.4. The first-order chi connectivity index (χ1) is 27.3. The molecule has 3 unspecified atom stereocenters. The van der Waals surface area contributed by atoms with Crippen LogP contribution in [0.4, 0.5) is 0 Å². The molecule has 0 saturated heterocycles. The molecular formula is C42H83Cl2N2O12P. The maximum Gasteiger partial charge on any atom is 0.472 e. The SMILES string of the molecule is CCCCCCCCCCCCCC(=O)OCC(COP(=O)(O)OCC(COC(=O)C[C@@H](C)N)OC(=O)C[C@@H](C)N)OC(=O)CCCCCCCCCCCCC.Cl.Cl. The van der Waals surface area contributed by atoms with Crippen molar-refractivity contribution in [3.05, 3.63) is 0 Å². The Morgan fingerprint density at radius 1 is 0.475 bits per heavy atom. The smallest absolute Gasteiger partial charge is 0.462 e. The van der Waals surface area contributed by atoms with Crippen molar-refractivity contribution in [3.63, 3.8) is 0 Å². The fraction of sp³-hybridized carbons (Fsp3) is 0.905. The van der Waals surface area contributed by atoms with Crippen LogP contribution in [0.1, 0.15) is 195 Å². The monoisotopic (exact) mass is 909 g/mol. The van der Waals surface area contributed by atoms with E-state index in [2.05, 4.69) is 13.8 Å². The van der Waals surface area contributed by atoms with Crippen molar-refractivity contribution >= 4 is 56.5 Å². The summed E-state index contributed by atoms with van der Waals surface area (Å²) in [5, 5.41) is 0. The van der Waals surface area contributed by atoms with Crippen LogP contribution < -0.4 is 11.5 Å². The molecule has 0 radical (unpaired) electrons. The molecule has 5 atom stereocenters. The molecule has 0 aromatic rings. The highest BCUT2D eigenvalue weighted by Crippen LogP contribution is 2.43. The van der Waals surface area contributed by atoms with Crippen LogP contribution in [0.25, 0.3) is 0 Å². The minimum absolute atomic E-state index is 0. The average molecular weight is 910 g/mol. The molecule has 0 heterocycles. The van der Waals surface area contributed by atoms with Crippen molar-refractivity contribution in [2.75, 3.05) is 26.4 Å². The number of unbranched alkanes of at least 4 members (excludes halogenated alkanes) is 20. The first kappa shape index (κ1) is 61.8. The van der Waals surface area contributed by atoms with Gasteiger partial charge in [0.15, 0.2) is 12.2 Å². The van der Waals surface area contributed by atoms with Gasteiger partial charge >= 0.3 is 31.7 Å². The van der Waals surface area contributed by atoms with Crippen molar-refractivity contribution in [2.45, 2.75) is 219 Å². The molecule has 17 heteroatoms. The fourth-order valence-electron chi connectivity index (χ4n) is 6.00. The van der Waals surface area contributed by atoms with Crippen molar-refractivity contribution in [3.8, 4) is 0 Å². The van der Waals surface area contributed by atoms with Crippen LogP contribution in [-0.4, -0.2) is 79.5 Å². The normalized spacial score (nSPS) is 14.1. The van der Waals surface area contributed by atoms with Crippen LogP contribution in [0, 0.1) is 0 Å². The lowest BCUT2D eigenvalue weighted by Gasteiger charge is -2.22. The van der Waals surface area contributed by atoms with E-state index in [4.69, 9.17) is 39.5 Å². The summed E-state index contributed by atoms with van der Waals surface area (Å²) in [5.74, 6) is -2.38. The van der Waals surface area contributed by atoms with Gasteiger partial charge in [0.05, 0.1) is 26.1 Å². The van der Waals surface area contributed by atoms with Crippen LogP contribution in [-0.2, 0) is 51.7 Å². The molecule has 0 bridgehead atoms. The Bertz CT molecular complexity index is 1090. The highest BCUT2D eigenvalue weighted by Gasteiger charge is 2.29. The fourth-order valence-corrected chi connectivity index (χ4v) is 6.78. The van der Waals surface area contributed by atoms with E-state index in [-0.39, 0.29) is 57.1 Å². The molecule has 0 aliphatic heterocycles. The Morgan fingerprint density at radius 3 is 1.15 bits per heavy atom. The summed E-state index contributed by atoms with van der Waals surface area (Å²) in [6.45, 7) is 5.54. The minimum Gasteiger partial charge on any atom is -0.462 e. The molecule has 352 valence electrons. The van der Waals surface area contributed by atoms with Crippen LogP contribution in [0.3, 0.4) is 0 Å². The summed E-state index contributed by atoms with van der Waals surface area (Å²) in [6.07, 6.45) is 22.7. The van der Waals surface area contributed by atoms with Gasteiger partial charge in [-0.2, -0.15) is 0 Å². The number of halogens is 2. The third kappa shape index (κ3) is 43.0. The molecule has 0 rings (SSSR count). The minimum atomic E-state index is -4.83. The van der Waals surface area contributed by atoms with E-state index in [0.29, 0.717) is 12.8 Å². The van der Waals surface area contributed by atoms with Crippen LogP contribution in [0.2, 0.25) is 0 Å². The molecule has 0 aliphatic carbocycles. The molecule has 0 spiro atoms. The van der Waals surface area contributed by atoms with Crippen LogP contribution >= 0.6 is 32.6 Å². The lowest BCUT2D eigenvalue weighted by molar-refractivity contribution is -0.162. The second kappa shape index (κ2) is 41.8. The zero-order valence-electron chi connectivity index (χ0n) is 36.9. The Hall–Kier alpha value is -1.51. The quantitative estimate of drug-likeness (QED) is 0.0226. The summed E-state index contributed by atoms with van der Waals surface area (Å²) in [7, 11) is -4.83. The summed E-state index contributed by atoms with van der Waals surface area (Å²) >= 11 is 0. The third-order valence-corrected chi connectivity index (χ3v) is 10.2. The second-order valence-corrected chi connectivity index (χ2v) is 17.0. The first-order valence-electron chi connectivity index (χ1n) is 22.1. The van der Waals surface area contributed by atoms with E-state index in [1.165, 1.54) is 89.9 Å². The maximum atomic E-state index is 12.9. The first-order valence-corrected chi connectivity index (χ1v) is 23.6. The van der Waals surface area contributed by atoms with Gasteiger partial charge in [0.25, 0.3) is 0 Å². The van der Waals surface area contributed by atoms with Gasteiger partial charge in [-0.25, -0.2) is 4.57 Å². The third-order valence-electron chi connectivity index (χ3n) is 9.25. The summed E-state index contributed by atoms with van der Waals surface area (Å²) in [5.41, 5.74) is 11.3. The molecule has 0 aromatic carbocycles. The van der Waals surface area contributed by atoms with E-state index in [9.17, 15) is 28.6 Å². The van der Waals surface area contributed by atoms with Crippen molar-refractivity contribution in [2.24, 2.45) is 11.5 Å². The molecule has 0 saturated carbocycles. The van der Waals surface area contributed by atoms with E-state index in [0.717, 1.165) is 38.5 Å². The highest BCUT2D eigenvalue weighted by atomic mass is 35.5. The van der Waals surface area contributed by atoms with Gasteiger partial charge in [-0.1, -0.05) is 142 Å². The number of carbonyl (C=O) groups is 4. The second-order valence-electron chi connectivity index (χ2n) is 15.6. The number of carbonyl (C=O) groups excluding carboxylic acids is 4. The number of hydrogen-bond acceptors (Lipinski definition) is 13. The number of ether oxygens (including phenoxy) is 4. The largest absolute Gasteiger partial charge is 0.472 e. The summed E-state index contributed by atoms with van der Waals surface area (Å²) in [4.78, 5) is 60.1. The molecule has 0 aliphatic rings. The number of esters is 4. The molecule has 0 fully saturated rings. The van der Waals surface area contributed by atoms with Crippen molar-refractivity contribution in [1.82, 2.24) is 0 Å². The Balaban J connectivity index is -0.0000157. The Labute approximate surface area is 368 Å². The van der Waals surface area contributed by atoms with Gasteiger partial charge in [0.2, 0.25) is 0 Å². The number of rotatable bonds is 40. The summed E-state index contributed by atoms with van der Waals surface area (Å²) < 4.78 is 44.4. The molecule has 14 nitrogen and oxygen atoms in total. The Kier molecular flexibility index (Phi) is 43.8. The lowest BCUT2D eigenvalue weighted by atomic mass is 10.1. The van der Waals surface area contributed by atoms with E-state index in [1.54, 1.807) is 13.8 Å². The zero-order chi connectivity index (χ0) is 42.6. The van der Waals surface area contributed by atoms with E-state index in [1.807, 2.05) is 0 Å². The molecular weight excluding hydrogens is 826 g/mol. The van der Waals surface area contributed by atoms with Crippen molar-refractivity contribution < 1.29 is 56.6 Å². The predicted octanol–water partition coefficient (Wildman–Crippen LogP) is 9.75. The van der Waals surface area contributed by atoms with Crippen LogP contribution in [0.15, 0.2) is 0 Å². The average Bonchev–Trinajstić information content (AvgIpc) is 3.14. The molecule has 0 aromatic heterocycles. The van der Waals surface area contributed by atoms with Gasteiger partial charge in [-0.15, -0.1) is 24.8 Å². The number of phosphoric ester groups is 1. The summed E-state index contributed by atoms with van der Waals surface area (Å²) in [6, 6.07) is -0.986. The van der Waals surface area contributed by atoms with Gasteiger partial charge in [0, 0.05) is 24.9 Å². The molecule has 0 amide bonds. The van der Waals surface area contributed by atoms with Gasteiger partial charge < -0.3 is 35.3 Å².